The van der Waals surface area contributed by atoms with Crippen molar-refractivity contribution >= 4 is 23.8 Å². The zero-order valence-corrected chi connectivity index (χ0v) is 19.5. The molecule has 0 spiro atoms. The molecule has 32 heavy (non-hydrogen) atoms. The Morgan fingerprint density at radius 3 is 1.66 bits per heavy atom. The van der Waals surface area contributed by atoms with E-state index in [2.05, 4.69) is 16.6 Å². The van der Waals surface area contributed by atoms with Crippen LogP contribution in [0.2, 0.25) is 0 Å². The average molecular weight is 445 g/mol. The van der Waals surface area contributed by atoms with Crippen LogP contribution in [0.5, 0.6) is 0 Å². The average Bonchev–Trinajstić information content (AvgIpc) is 2.75. The Hall–Kier alpha value is -3.34. The van der Waals surface area contributed by atoms with Gasteiger partial charge in [-0.05, 0) is 42.9 Å². The summed E-state index contributed by atoms with van der Waals surface area (Å²) in [4.78, 5) is 50.2. The van der Waals surface area contributed by atoms with Gasteiger partial charge in [-0.25, -0.2) is 9.59 Å². The van der Waals surface area contributed by atoms with Crippen LogP contribution in [0.25, 0.3) is 0 Å². The number of hydrogen-bond acceptors (Lipinski definition) is 6. The quantitative estimate of drug-likeness (QED) is 0.423. The number of ether oxygens (including phenoxy) is 2. The summed E-state index contributed by atoms with van der Waals surface area (Å²) in [6.45, 7) is 7.62. The monoisotopic (exact) mass is 444 g/mol. The number of hydrogen-bond donors (Lipinski definition) is 2. The van der Waals surface area contributed by atoms with Crippen molar-refractivity contribution in [3.05, 3.63) is 34.9 Å². The Bertz CT molecular complexity index is 885. The molecule has 0 bridgehead atoms. The maximum Gasteiger partial charge on any atom is 0.328 e. The molecule has 174 valence electrons. The van der Waals surface area contributed by atoms with E-state index < -0.39 is 35.8 Å². The van der Waals surface area contributed by atoms with E-state index in [9.17, 15) is 19.2 Å². The van der Waals surface area contributed by atoms with Crippen molar-refractivity contribution in [2.75, 3.05) is 14.2 Å². The van der Waals surface area contributed by atoms with Crippen LogP contribution in [0.4, 0.5) is 0 Å². The van der Waals surface area contributed by atoms with Gasteiger partial charge in [0.05, 0.1) is 25.3 Å². The van der Waals surface area contributed by atoms with E-state index in [0.717, 1.165) is 0 Å². The van der Waals surface area contributed by atoms with E-state index in [-0.39, 0.29) is 23.0 Å². The van der Waals surface area contributed by atoms with Crippen molar-refractivity contribution in [2.24, 2.45) is 11.8 Å². The van der Waals surface area contributed by atoms with Crippen molar-refractivity contribution < 1.29 is 28.7 Å². The van der Waals surface area contributed by atoms with Crippen molar-refractivity contribution in [1.29, 1.82) is 0 Å². The molecule has 0 radical (unpaired) electrons. The van der Waals surface area contributed by atoms with Gasteiger partial charge < -0.3 is 20.1 Å². The van der Waals surface area contributed by atoms with Gasteiger partial charge in [-0.1, -0.05) is 33.6 Å². The fourth-order valence-electron chi connectivity index (χ4n) is 3.15. The molecule has 2 amide bonds. The Balaban J connectivity index is 3.28. The number of amides is 2. The summed E-state index contributed by atoms with van der Waals surface area (Å²) in [7, 11) is 2.48. The molecule has 0 aliphatic carbocycles. The van der Waals surface area contributed by atoms with E-state index in [1.807, 2.05) is 27.7 Å². The van der Waals surface area contributed by atoms with Gasteiger partial charge in [0.25, 0.3) is 11.8 Å². The van der Waals surface area contributed by atoms with E-state index in [4.69, 9.17) is 15.9 Å². The van der Waals surface area contributed by atoms with E-state index in [0.29, 0.717) is 18.4 Å². The van der Waals surface area contributed by atoms with Crippen LogP contribution in [0, 0.1) is 24.2 Å². The van der Waals surface area contributed by atoms with Crippen LogP contribution in [0.1, 0.15) is 66.8 Å². The lowest BCUT2D eigenvalue weighted by Crippen LogP contribution is -2.45. The zero-order chi connectivity index (χ0) is 24.4. The first-order valence-electron chi connectivity index (χ1n) is 10.4. The van der Waals surface area contributed by atoms with Gasteiger partial charge in [-0.3, -0.25) is 9.59 Å². The Labute approximate surface area is 189 Å². The highest BCUT2D eigenvalue weighted by Gasteiger charge is 2.28. The lowest BCUT2D eigenvalue weighted by Gasteiger charge is -2.21. The second-order valence-corrected chi connectivity index (χ2v) is 8.26. The lowest BCUT2D eigenvalue weighted by atomic mass is 9.99. The number of rotatable bonds is 10. The van der Waals surface area contributed by atoms with Crippen molar-refractivity contribution in [1.82, 2.24) is 10.6 Å². The molecule has 0 saturated heterocycles. The third kappa shape index (κ3) is 7.73. The van der Waals surface area contributed by atoms with Crippen LogP contribution < -0.4 is 10.6 Å². The summed E-state index contributed by atoms with van der Waals surface area (Å²) in [5.41, 5.74) is 0.396. The maximum absolute atomic E-state index is 13.0. The molecule has 0 saturated carbocycles. The molecule has 1 aromatic rings. The fourth-order valence-corrected chi connectivity index (χ4v) is 3.15. The summed E-state index contributed by atoms with van der Waals surface area (Å²) in [5.74, 6) is 0.192. The third-order valence-corrected chi connectivity index (χ3v) is 4.67. The minimum atomic E-state index is -0.887. The largest absolute Gasteiger partial charge is 0.467 e. The van der Waals surface area contributed by atoms with Crippen molar-refractivity contribution in [3.63, 3.8) is 0 Å². The Morgan fingerprint density at radius 1 is 0.844 bits per heavy atom. The number of benzene rings is 1. The van der Waals surface area contributed by atoms with E-state index in [1.165, 1.54) is 32.4 Å². The van der Waals surface area contributed by atoms with Crippen LogP contribution in [-0.4, -0.2) is 50.1 Å². The Morgan fingerprint density at radius 2 is 1.28 bits per heavy atom. The van der Waals surface area contributed by atoms with Gasteiger partial charge in [0, 0.05) is 5.56 Å². The first-order chi connectivity index (χ1) is 15.0. The fraction of sp³-hybridized carbons (Fsp3) is 0.500. The maximum atomic E-state index is 13.0. The van der Waals surface area contributed by atoms with Crippen LogP contribution in [0.15, 0.2) is 18.2 Å². The van der Waals surface area contributed by atoms with Crippen LogP contribution >= 0.6 is 0 Å². The number of methoxy groups -OCH3 is 2. The summed E-state index contributed by atoms with van der Waals surface area (Å²) in [5, 5.41) is 5.26. The van der Waals surface area contributed by atoms with Crippen molar-refractivity contribution in [2.45, 2.75) is 52.6 Å². The number of nitrogens with one attached hydrogen (secondary N) is 2. The normalized spacial score (nSPS) is 12.5. The van der Waals surface area contributed by atoms with Gasteiger partial charge in [-0.15, -0.1) is 6.42 Å². The summed E-state index contributed by atoms with van der Waals surface area (Å²) < 4.78 is 9.57. The first-order valence-corrected chi connectivity index (χ1v) is 10.4. The first kappa shape index (κ1) is 26.7. The third-order valence-electron chi connectivity index (χ3n) is 4.67. The molecule has 0 aliphatic heterocycles. The number of esters is 2. The minimum absolute atomic E-state index is 0.0104. The highest BCUT2D eigenvalue weighted by molar-refractivity contribution is 6.09. The van der Waals surface area contributed by atoms with E-state index in [1.54, 1.807) is 0 Å². The van der Waals surface area contributed by atoms with Crippen LogP contribution in [0.3, 0.4) is 0 Å². The Kier molecular flexibility index (Phi) is 10.4. The van der Waals surface area contributed by atoms with Gasteiger partial charge in [-0.2, -0.15) is 0 Å². The topological polar surface area (TPSA) is 111 Å². The number of carbonyl (C=O) groups is 4. The summed E-state index contributed by atoms with van der Waals surface area (Å²) in [6.07, 6.45) is 6.17. The molecule has 2 atom stereocenters. The van der Waals surface area contributed by atoms with Gasteiger partial charge in [0.2, 0.25) is 0 Å². The molecule has 0 fully saturated rings. The molecule has 0 unspecified atom stereocenters. The molecule has 8 heteroatoms. The SMILES string of the molecule is C#Cc1ccc(C(=O)N[C@@H](CC(C)C)C(=O)OC)c(C(=O)N[C@@H](CC(C)C)C(=O)OC)c1. The molecular weight excluding hydrogens is 412 g/mol. The predicted octanol–water partition coefficient (Wildman–Crippen LogP) is 2.30. The molecule has 0 aliphatic rings. The number of carbonyl (C=O) groups excluding carboxylic acids is 4. The summed E-state index contributed by atoms with van der Waals surface area (Å²) in [6, 6.07) is 2.57. The highest BCUT2D eigenvalue weighted by atomic mass is 16.5. The van der Waals surface area contributed by atoms with Gasteiger partial charge in [0.1, 0.15) is 12.1 Å². The molecule has 1 aromatic carbocycles. The minimum Gasteiger partial charge on any atom is -0.467 e. The molecule has 2 N–H and O–H groups in total. The highest BCUT2D eigenvalue weighted by Crippen LogP contribution is 2.16. The molecule has 0 aromatic heterocycles. The summed E-state index contributed by atoms with van der Waals surface area (Å²) >= 11 is 0. The smallest absolute Gasteiger partial charge is 0.328 e. The zero-order valence-electron chi connectivity index (χ0n) is 19.5. The second-order valence-electron chi connectivity index (χ2n) is 8.26. The van der Waals surface area contributed by atoms with E-state index >= 15 is 0 Å². The predicted molar refractivity (Wildman–Crippen MR) is 120 cm³/mol. The van der Waals surface area contributed by atoms with Gasteiger partial charge >= 0.3 is 11.9 Å². The molecule has 1 rings (SSSR count). The standard InChI is InChI=1S/C24H32N2O6/c1-8-16-9-10-17(21(27)25-19(11-14(2)3)23(29)31-6)18(13-16)22(28)26-20(12-15(4)5)24(30)32-7/h1,9-10,13-15,19-20H,11-12H2,2-7H3,(H,25,27)(H,26,28)/t19-,20-/m0/s1. The molecular formula is C24H32N2O6. The van der Waals surface area contributed by atoms with Crippen LogP contribution in [-0.2, 0) is 19.1 Å². The molecule has 8 nitrogen and oxygen atoms in total. The van der Waals surface area contributed by atoms with Crippen molar-refractivity contribution in [3.8, 4) is 12.3 Å². The lowest BCUT2D eigenvalue weighted by molar-refractivity contribution is -0.144. The second kappa shape index (κ2) is 12.5. The molecule has 0 heterocycles. The number of terminal acetylenes is 1. The van der Waals surface area contributed by atoms with Gasteiger partial charge in [0.15, 0.2) is 0 Å².